The number of ether oxygens (including phenoxy) is 1. The van der Waals surface area contributed by atoms with Gasteiger partial charge in [0.15, 0.2) is 0 Å². The number of ketones is 1. The molecule has 3 heterocycles. The first kappa shape index (κ1) is 22.2. The van der Waals surface area contributed by atoms with Gasteiger partial charge in [-0.25, -0.2) is 0 Å². The van der Waals surface area contributed by atoms with Crippen LogP contribution in [0.3, 0.4) is 0 Å². The number of fused-ring (bicyclic) bond motifs is 2. The minimum absolute atomic E-state index is 0.135. The summed E-state index contributed by atoms with van der Waals surface area (Å²) in [6.45, 7) is 1.88. The maximum atomic E-state index is 13.3. The van der Waals surface area contributed by atoms with Gasteiger partial charge in [-0.3, -0.25) is 9.59 Å². The summed E-state index contributed by atoms with van der Waals surface area (Å²) in [5.74, 6) is -0.555. The van der Waals surface area contributed by atoms with Crippen LogP contribution in [-0.2, 0) is 16.0 Å². The summed E-state index contributed by atoms with van der Waals surface area (Å²) in [5.41, 5.74) is 3.39. The molecule has 1 amide bonds. The van der Waals surface area contributed by atoms with E-state index in [1.807, 2.05) is 61.6 Å². The number of Topliss-reactive ketones (excluding diaryl/α,β-unsaturated/α-hetero) is 1. The lowest BCUT2D eigenvalue weighted by Crippen LogP contribution is -2.32. The van der Waals surface area contributed by atoms with Crippen LogP contribution < -0.4 is 4.74 Å². The smallest absolute Gasteiger partial charge is 0.295 e. The Hall–Kier alpha value is -3.58. The molecule has 0 bridgehead atoms. The third-order valence-corrected chi connectivity index (χ3v) is 6.64. The fourth-order valence-electron chi connectivity index (χ4n) is 4.97. The normalized spacial score (nSPS) is 19.6. The Labute approximate surface area is 198 Å². The first-order valence-electron chi connectivity index (χ1n) is 11.7. The number of nitrogens with zero attached hydrogens (tertiary/aromatic N) is 2. The Morgan fingerprint density at radius 2 is 2.03 bits per heavy atom. The predicted molar refractivity (Wildman–Crippen MR) is 131 cm³/mol. The number of nitrogens with one attached hydrogen (secondary N) is 1. The largest absolute Gasteiger partial charge is 0.507 e. The highest BCUT2D eigenvalue weighted by Crippen LogP contribution is 2.42. The number of rotatable bonds is 6. The number of aromatic amines is 1. The van der Waals surface area contributed by atoms with Crippen LogP contribution in [0.15, 0.2) is 54.2 Å². The SMILES string of the molecule is CN(C)CCCN1C(=O)C(=O)/C(=C(/O)c2ccc3c(c2)CCCO3)C1c1c[nH]c2ccccc12. The monoisotopic (exact) mass is 459 g/mol. The molecule has 1 saturated heterocycles. The maximum absolute atomic E-state index is 13.3. The predicted octanol–water partition coefficient (Wildman–Crippen LogP) is 3.87. The van der Waals surface area contributed by atoms with Crippen LogP contribution in [0.2, 0.25) is 0 Å². The zero-order valence-electron chi connectivity index (χ0n) is 19.5. The molecule has 2 N–H and O–H groups in total. The van der Waals surface area contributed by atoms with Crippen LogP contribution in [0.5, 0.6) is 5.75 Å². The number of para-hydroxylation sites is 1. The van der Waals surface area contributed by atoms with E-state index < -0.39 is 17.7 Å². The van der Waals surface area contributed by atoms with Gasteiger partial charge in [0.25, 0.3) is 11.7 Å². The van der Waals surface area contributed by atoms with Crippen molar-refractivity contribution in [3.8, 4) is 5.75 Å². The molecular formula is C27H29N3O4. The van der Waals surface area contributed by atoms with E-state index in [9.17, 15) is 14.7 Å². The Morgan fingerprint density at radius 3 is 2.85 bits per heavy atom. The number of amides is 1. The fourth-order valence-corrected chi connectivity index (χ4v) is 4.97. The minimum Gasteiger partial charge on any atom is -0.507 e. The van der Waals surface area contributed by atoms with Gasteiger partial charge >= 0.3 is 0 Å². The molecule has 7 heteroatoms. The molecule has 1 aromatic heterocycles. The van der Waals surface area contributed by atoms with Crippen molar-refractivity contribution in [1.29, 1.82) is 0 Å². The first-order chi connectivity index (χ1) is 16.5. The number of likely N-dealkylation sites (tertiary alicyclic amines) is 1. The van der Waals surface area contributed by atoms with E-state index in [1.165, 1.54) is 0 Å². The molecule has 3 aromatic rings. The van der Waals surface area contributed by atoms with E-state index in [-0.39, 0.29) is 11.3 Å². The van der Waals surface area contributed by atoms with E-state index in [1.54, 1.807) is 11.0 Å². The van der Waals surface area contributed by atoms with E-state index in [2.05, 4.69) is 4.98 Å². The quantitative estimate of drug-likeness (QED) is 0.332. The zero-order chi connectivity index (χ0) is 23.8. The number of aliphatic hydroxyl groups excluding tert-OH is 1. The van der Waals surface area contributed by atoms with Crippen LogP contribution in [0, 0.1) is 0 Å². The third-order valence-electron chi connectivity index (χ3n) is 6.64. The molecule has 1 unspecified atom stereocenters. The van der Waals surface area contributed by atoms with E-state index in [0.717, 1.165) is 53.6 Å². The molecular weight excluding hydrogens is 430 g/mol. The van der Waals surface area contributed by atoms with Gasteiger partial charge in [0.05, 0.1) is 18.2 Å². The Balaban J connectivity index is 1.63. The number of carbonyl (C=O) groups is 2. The fraction of sp³-hybridized carbons (Fsp3) is 0.333. The number of aromatic nitrogens is 1. The minimum atomic E-state index is -0.661. The molecule has 0 spiro atoms. The van der Waals surface area contributed by atoms with Crippen LogP contribution in [0.25, 0.3) is 16.7 Å². The van der Waals surface area contributed by atoms with Gasteiger partial charge in [0.1, 0.15) is 11.5 Å². The second-order valence-electron chi connectivity index (χ2n) is 9.21. The summed E-state index contributed by atoms with van der Waals surface area (Å²) in [6.07, 6.45) is 4.31. The van der Waals surface area contributed by atoms with E-state index in [4.69, 9.17) is 4.74 Å². The lowest BCUT2D eigenvalue weighted by atomic mass is 9.93. The van der Waals surface area contributed by atoms with Gasteiger partial charge in [0.2, 0.25) is 0 Å². The number of aryl methyl sites for hydroxylation is 1. The van der Waals surface area contributed by atoms with Gasteiger partial charge in [-0.1, -0.05) is 18.2 Å². The topological polar surface area (TPSA) is 85.9 Å². The van der Waals surface area contributed by atoms with Gasteiger partial charge in [0, 0.05) is 34.8 Å². The average Bonchev–Trinajstić information content (AvgIpc) is 3.37. The lowest BCUT2D eigenvalue weighted by molar-refractivity contribution is -0.139. The van der Waals surface area contributed by atoms with Gasteiger partial charge in [-0.2, -0.15) is 0 Å². The summed E-state index contributed by atoms with van der Waals surface area (Å²) < 4.78 is 5.70. The molecule has 2 aliphatic rings. The highest BCUT2D eigenvalue weighted by molar-refractivity contribution is 6.46. The molecule has 5 rings (SSSR count). The van der Waals surface area contributed by atoms with Crippen molar-refractivity contribution in [1.82, 2.24) is 14.8 Å². The highest BCUT2D eigenvalue weighted by atomic mass is 16.5. The van der Waals surface area contributed by atoms with Crippen LogP contribution in [-0.4, -0.2) is 65.4 Å². The van der Waals surface area contributed by atoms with E-state index >= 15 is 0 Å². The standard InChI is InChI=1S/C27H29N3O4/c1-29(2)12-6-13-30-24(20-16-28-21-9-4-3-8-19(20)21)23(26(32)27(30)33)25(31)18-10-11-22-17(15-18)7-5-14-34-22/h3-4,8-11,15-16,24,28,31H,5-7,12-14H2,1-2H3/b25-23+. The molecule has 2 aromatic carbocycles. The molecule has 0 radical (unpaired) electrons. The molecule has 0 saturated carbocycles. The molecule has 7 nitrogen and oxygen atoms in total. The molecule has 0 aliphatic carbocycles. The number of aliphatic hydroxyl groups is 1. The Morgan fingerprint density at radius 1 is 1.21 bits per heavy atom. The van der Waals surface area contributed by atoms with Crippen LogP contribution in [0.1, 0.15) is 35.6 Å². The maximum Gasteiger partial charge on any atom is 0.295 e. The molecule has 34 heavy (non-hydrogen) atoms. The van der Waals surface area contributed by atoms with Crippen LogP contribution in [0.4, 0.5) is 0 Å². The second-order valence-corrected chi connectivity index (χ2v) is 9.21. The highest BCUT2D eigenvalue weighted by Gasteiger charge is 2.46. The lowest BCUT2D eigenvalue weighted by Gasteiger charge is -2.25. The zero-order valence-corrected chi connectivity index (χ0v) is 19.5. The van der Waals surface area contributed by atoms with Gasteiger partial charge < -0.3 is 24.6 Å². The number of benzene rings is 2. The van der Waals surface area contributed by atoms with Crippen molar-refractivity contribution in [2.45, 2.75) is 25.3 Å². The first-order valence-corrected chi connectivity index (χ1v) is 11.7. The van der Waals surface area contributed by atoms with Gasteiger partial charge in [-0.15, -0.1) is 0 Å². The summed E-state index contributed by atoms with van der Waals surface area (Å²) >= 11 is 0. The van der Waals surface area contributed by atoms with Crippen molar-refractivity contribution in [3.63, 3.8) is 0 Å². The third kappa shape index (κ3) is 3.86. The number of hydrogen-bond donors (Lipinski definition) is 2. The summed E-state index contributed by atoms with van der Waals surface area (Å²) in [6, 6.07) is 12.6. The van der Waals surface area contributed by atoms with Crippen molar-refractivity contribution < 1.29 is 19.4 Å². The number of H-pyrrole nitrogens is 1. The summed E-state index contributed by atoms with van der Waals surface area (Å²) in [7, 11) is 3.95. The van der Waals surface area contributed by atoms with Crippen molar-refractivity contribution in [2.75, 3.05) is 33.8 Å². The molecule has 1 fully saturated rings. The average molecular weight is 460 g/mol. The van der Waals surface area contributed by atoms with Crippen molar-refractivity contribution in [3.05, 3.63) is 70.9 Å². The Kier molecular flexibility index (Phi) is 5.87. The summed E-state index contributed by atoms with van der Waals surface area (Å²) in [5, 5.41) is 12.3. The second kappa shape index (κ2) is 8.99. The summed E-state index contributed by atoms with van der Waals surface area (Å²) in [4.78, 5) is 33.4. The van der Waals surface area contributed by atoms with E-state index in [0.29, 0.717) is 18.7 Å². The molecule has 1 atom stereocenters. The number of carbonyl (C=O) groups excluding carboxylic acids is 2. The molecule has 2 aliphatic heterocycles. The number of hydrogen-bond acceptors (Lipinski definition) is 5. The Bertz CT molecular complexity index is 1290. The van der Waals surface area contributed by atoms with Gasteiger partial charge in [-0.05, 0) is 69.7 Å². The van der Waals surface area contributed by atoms with Crippen molar-refractivity contribution in [2.24, 2.45) is 0 Å². The van der Waals surface area contributed by atoms with Crippen molar-refractivity contribution >= 4 is 28.4 Å². The van der Waals surface area contributed by atoms with Crippen LogP contribution >= 0.6 is 0 Å². The molecule has 176 valence electrons.